The molecule has 0 aromatic carbocycles. The van der Waals surface area contributed by atoms with Gasteiger partial charge in [0.25, 0.3) is 0 Å². The maximum Gasteiger partial charge on any atom is 0.407 e. The van der Waals surface area contributed by atoms with Crippen molar-refractivity contribution in [3.8, 4) is 0 Å². The summed E-state index contributed by atoms with van der Waals surface area (Å²) in [6.45, 7) is 13.2. The molecule has 0 rings (SSSR count). The molecule has 14 heavy (non-hydrogen) atoms. The van der Waals surface area contributed by atoms with Gasteiger partial charge in [0.2, 0.25) is 0 Å². The van der Waals surface area contributed by atoms with Crippen molar-refractivity contribution < 1.29 is 9.53 Å². The van der Waals surface area contributed by atoms with Crippen LogP contribution in [0, 0.1) is 0 Å². The molecule has 0 fully saturated rings. The van der Waals surface area contributed by atoms with Gasteiger partial charge in [-0.15, -0.1) is 0 Å². The highest BCUT2D eigenvalue weighted by Crippen LogP contribution is 2.08. The highest BCUT2D eigenvalue weighted by molar-refractivity contribution is 6.76. The summed E-state index contributed by atoms with van der Waals surface area (Å²) in [6.07, 6.45) is -0.309. The highest BCUT2D eigenvalue weighted by atomic mass is 28.3. The Morgan fingerprint density at radius 1 is 1.29 bits per heavy atom. The average molecular weight is 217 g/mol. The van der Waals surface area contributed by atoms with Crippen molar-refractivity contribution >= 4 is 14.2 Å². The van der Waals surface area contributed by atoms with Crippen LogP contribution >= 0.6 is 0 Å². The molecule has 0 aliphatic carbocycles. The van der Waals surface area contributed by atoms with E-state index >= 15 is 0 Å². The Labute approximate surface area is 88.2 Å². The highest BCUT2D eigenvalue weighted by Gasteiger charge is 2.17. The normalized spacial score (nSPS) is 12.4. The second-order valence-corrected chi connectivity index (χ2v) is 11.4. The SMILES string of the molecule is CC(C)(C)OC(=O)NCC[Si](C)(C)C. The molecule has 0 saturated carbocycles. The predicted molar refractivity (Wildman–Crippen MR) is 62.4 cm³/mol. The summed E-state index contributed by atoms with van der Waals surface area (Å²) in [5.41, 5.74) is -0.400. The van der Waals surface area contributed by atoms with Crippen LogP contribution in [0.2, 0.25) is 25.7 Å². The summed E-state index contributed by atoms with van der Waals surface area (Å²) in [5.74, 6) is 0. The molecule has 84 valence electrons. The van der Waals surface area contributed by atoms with Crippen LogP contribution in [0.25, 0.3) is 0 Å². The minimum absolute atomic E-state index is 0.309. The maximum atomic E-state index is 11.2. The fourth-order valence-electron chi connectivity index (χ4n) is 0.854. The molecular weight excluding hydrogens is 194 g/mol. The van der Waals surface area contributed by atoms with Gasteiger partial charge in [-0.05, 0) is 26.8 Å². The molecule has 3 nitrogen and oxygen atoms in total. The van der Waals surface area contributed by atoms with Crippen molar-refractivity contribution in [1.29, 1.82) is 0 Å². The van der Waals surface area contributed by atoms with E-state index in [-0.39, 0.29) is 6.09 Å². The Morgan fingerprint density at radius 3 is 2.14 bits per heavy atom. The van der Waals surface area contributed by atoms with E-state index in [0.717, 1.165) is 12.6 Å². The number of carbonyl (C=O) groups is 1. The van der Waals surface area contributed by atoms with E-state index in [1.165, 1.54) is 0 Å². The van der Waals surface area contributed by atoms with Crippen molar-refractivity contribution in [2.45, 2.75) is 52.1 Å². The Balaban J connectivity index is 3.66. The molecule has 0 bridgehead atoms. The first kappa shape index (κ1) is 13.5. The number of carbonyl (C=O) groups excluding carboxylic acids is 1. The summed E-state index contributed by atoms with van der Waals surface area (Å²) in [4.78, 5) is 11.2. The molecular formula is C10H23NO2Si. The predicted octanol–water partition coefficient (Wildman–Crippen LogP) is 2.85. The van der Waals surface area contributed by atoms with E-state index in [1.807, 2.05) is 20.8 Å². The van der Waals surface area contributed by atoms with Crippen LogP contribution in [0.4, 0.5) is 4.79 Å². The molecule has 0 atom stereocenters. The first-order chi connectivity index (χ1) is 6.10. The minimum Gasteiger partial charge on any atom is -0.444 e. The Kier molecular flexibility index (Phi) is 4.64. The monoisotopic (exact) mass is 217 g/mol. The number of amides is 1. The Morgan fingerprint density at radius 2 is 1.79 bits per heavy atom. The van der Waals surface area contributed by atoms with E-state index in [0.29, 0.717) is 0 Å². The van der Waals surface area contributed by atoms with E-state index in [4.69, 9.17) is 4.74 Å². The lowest BCUT2D eigenvalue weighted by molar-refractivity contribution is 0.0531. The fraction of sp³-hybridized carbons (Fsp3) is 0.900. The van der Waals surface area contributed by atoms with Crippen molar-refractivity contribution in [2.24, 2.45) is 0 Å². The lowest BCUT2D eigenvalue weighted by Crippen LogP contribution is -2.35. The van der Waals surface area contributed by atoms with Crippen LogP contribution in [0.1, 0.15) is 20.8 Å². The second kappa shape index (κ2) is 4.82. The van der Waals surface area contributed by atoms with Gasteiger partial charge in [-0.2, -0.15) is 0 Å². The van der Waals surface area contributed by atoms with Crippen molar-refractivity contribution in [3.05, 3.63) is 0 Å². The summed E-state index contributed by atoms with van der Waals surface area (Å²) < 4.78 is 5.12. The van der Waals surface area contributed by atoms with Crippen molar-refractivity contribution in [2.75, 3.05) is 6.54 Å². The fourth-order valence-corrected chi connectivity index (χ4v) is 1.73. The van der Waals surface area contributed by atoms with Gasteiger partial charge in [0.05, 0.1) is 0 Å². The lowest BCUT2D eigenvalue weighted by Gasteiger charge is -2.21. The van der Waals surface area contributed by atoms with Crippen molar-refractivity contribution in [3.63, 3.8) is 0 Å². The molecule has 0 unspecified atom stereocenters. The molecule has 0 aliphatic heterocycles. The van der Waals surface area contributed by atoms with Gasteiger partial charge >= 0.3 is 6.09 Å². The van der Waals surface area contributed by atoms with E-state index in [2.05, 4.69) is 25.0 Å². The summed E-state index contributed by atoms with van der Waals surface area (Å²) in [6, 6.07) is 1.09. The molecule has 0 saturated heterocycles. The number of rotatable bonds is 3. The molecule has 4 heteroatoms. The lowest BCUT2D eigenvalue weighted by atomic mass is 10.2. The zero-order valence-electron chi connectivity index (χ0n) is 10.2. The van der Waals surface area contributed by atoms with E-state index in [9.17, 15) is 4.79 Å². The van der Waals surface area contributed by atoms with Gasteiger partial charge in [-0.25, -0.2) is 4.79 Å². The number of ether oxygens (including phenoxy) is 1. The van der Waals surface area contributed by atoms with Gasteiger partial charge in [0.15, 0.2) is 0 Å². The van der Waals surface area contributed by atoms with Gasteiger partial charge in [0.1, 0.15) is 5.60 Å². The van der Waals surface area contributed by atoms with Gasteiger partial charge in [-0.1, -0.05) is 19.6 Å². The molecule has 0 aliphatic rings. The number of nitrogens with one attached hydrogen (secondary N) is 1. The Bertz CT molecular complexity index is 191. The molecule has 0 aromatic rings. The van der Waals surface area contributed by atoms with Crippen LogP contribution in [0.15, 0.2) is 0 Å². The topological polar surface area (TPSA) is 38.3 Å². The van der Waals surface area contributed by atoms with Crippen LogP contribution in [0.3, 0.4) is 0 Å². The first-order valence-corrected chi connectivity index (χ1v) is 8.78. The molecule has 0 heterocycles. The minimum atomic E-state index is -1.05. The van der Waals surface area contributed by atoms with Crippen LogP contribution in [-0.4, -0.2) is 26.3 Å². The largest absolute Gasteiger partial charge is 0.444 e. The molecule has 1 amide bonds. The summed E-state index contributed by atoms with van der Waals surface area (Å²) >= 11 is 0. The van der Waals surface area contributed by atoms with Crippen LogP contribution in [-0.2, 0) is 4.74 Å². The number of hydrogen-bond acceptors (Lipinski definition) is 2. The van der Waals surface area contributed by atoms with E-state index < -0.39 is 13.7 Å². The zero-order chi connectivity index (χ0) is 11.4. The molecule has 0 spiro atoms. The van der Waals surface area contributed by atoms with E-state index in [1.54, 1.807) is 0 Å². The van der Waals surface area contributed by atoms with Crippen LogP contribution in [0.5, 0.6) is 0 Å². The number of alkyl carbamates (subject to hydrolysis) is 1. The third-order valence-corrected chi connectivity index (χ3v) is 3.29. The second-order valence-electron chi connectivity index (χ2n) is 5.74. The van der Waals surface area contributed by atoms with Crippen LogP contribution < -0.4 is 5.32 Å². The van der Waals surface area contributed by atoms with Crippen molar-refractivity contribution in [1.82, 2.24) is 5.32 Å². The standard InChI is InChI=1S/C10H23NO2Si/c1-10(2,3)13-9(12)11-7-8-14(4,5)6/h7-8H2,1-6H3,(H,11,12). The summed E-state index contributed by atoms with van der Waals surface area (Å²) in [5, 5.41) is 2.77. The number of hydrogen-bond donors (Lipinski definition) is 1. The zero-order valence-corrected chi connectivity index (χ0v) is 11.2. The Hall–Kier alpha value is -0.513. The quantitative estimate of drug-likeness (QED) is 0.738. The summed E-state index contributed by atoms with van der Waals surface area (Å²) in [7, 11) is -1.05. The van der Waals surface area contributed by atoms with Gasteiger partial charge in [0, 0.05) is 14.6 Å². The maximum absolute atomic E-state index is 11.2. The third kappa shape index (κ3) is 9.57. The first-order valence-electron chi connectivity index (χ1n) is 5.07. The average Bonchev–Trinajstić information content (AvgIpc) is 1.78. The van der Waals surface area contributed by atoms with Gasteiger partial charge in [-0.3, -0.25) is 0 Å². The molecule has 0 aromatic heterocycles. The smallest absolute Gasteiger partial charge is 0.407 e. The van der Waals surface area contributed by atoms with Gasteiger partial charge < -0.3 is 10.1 Å². The third-order valence-electron chi connectivity index (χ3n) is 1.54. The molecule has 0 radical (unpaired) electrons. The molecule has 1 N–H and O–H groups in total.